The van der Waals surface area contributed by atoms with Gasteiger partial charge in [0.15, 0.2) is 0 Å². The van der Waals surface area contributed by atoms with Crippen LogP contribution in [0.15, 0.2) is 24.3 Å². The van der Waals surface area contributed by atoms with Crippen LogP contribution in [0, 0.1) is 0 Å². The van der Waals surface area contributed by atoms with Gasteiger partial charge >= 0.3 is 0 Å². The fraction of sp³-hybridized carbons (Fsp3) is 0.571. The Morgan fingerprint density at radius 1 is 1.18 bits per heavy atom. The van der Waals surface area contributed by atoms with Crippen LogP contribution in [-0.2, 0) is 0 Å². The highest BCUT2D eigenvalue weighted by atomic mass is 16.3. The Hall–Kier alpha value is -1.06. The molecular formula is C14H22N2O. The molecule has 1 fully saturated rings. The molecule has 0 radical (unpaired) electrons. The summed E-state index contributed by atoms with van der Waals surface area (Å²) in [6.45, 7) is 2.43. The van der Waals surface area contributed by atoms with Gasteiger partial charge in [0.05, 0.1) is 12.6 Å². The van der Waals surface area contributed by atoms with Crippen LogP contribution >= 0.6 is 0 Å². The maximum Gasteiger partial charge on any atom is 0.0628 e. The topological polar surface area (TPSA) is 26.7 Å². The molecule has 0 amide bonds. The second-order valence-corrected chi connectivity index (χ2v) is 4.93. The van der Waals surface area contributed by atoms with E-state index in [1.54, 1.807) is 0 Å². The zero-order chi connectivity index (χ0) is 12.3. The lowest BCUT2D eigenvalue weighted by Crippen LogP contribution is -2.28. The number of aliphatic hydroxyl groups excluding tert-OH is 1. The summed E-state index contributed by atoms with van der Waals surface area (Å²) in [7, 11) is 4.08. The average molecular weight is 234 g/mol. The van der Waals surface area contributed by atoms with Crippen molar-refractivity contribution in [1.29, 1.82) is 0 Å². The Labute approximate surface area is 104 Å². The molecule has 0 aromatic heterocycles. The Morgan fingerprint density at radius 3 is 2.24 bits per heavy atom. The van der Waals surface area contributed by atoms with Crippen LogP contribution in [0.1, 0.15) is 24.4 Å². The van der Waals surface area contributed by atoms with Crippen LogP contribution in [-0.4, -0.2) is 43.8 Å². The zero-order valence-corrected chi connectivity index (χ0v) is 10.8. The molecule has 0 saturated carbocycles. The highest BCUT2D eigenvalue weighted by Gasteiger charge is 2.22. The third kappa shape index (κ3) is 2.79. The van der Waals surface area contributed by atoms with Crippen molar-refractivity contribution in [3.63, 3.8) is 0 Å². The van der Waals surface area contributed by atoms with Gasteiger partial charge in [0.1, 0.15) is 0 Å². The normalized spacial score (nSPS) is 18.3. The maximum atomic E-state index is 9.57. The predicted octanol–water partition coefficient (Wildman–Crippen LogP) is 1.88. The lowest BCUT2D eigenvalue weighted by Gasteiger charge is -2.26. The van der Waals surface area contributed by atoms with Crippen LogP contribution in [0.2, 0.25) is 0 Å². The van der Waals surface area contributed by atoms with Gasteiger partial charge in [0.25, 0.3) is 0 Å². The van der Waals surface area contributed by atoms with Gasteiger partial charge < -0.3 is 10.0 Å². The number of likely N-dealkylation sites (tertiary alicyclic amines) is 1. The Bertz CT molecular complexity index is 342. The average Bonchev–Trinajstić information content (AvgIpc) is 2.84. The number of nitrogens with zero attached hydrogens (tertiary/aromatic N) is 2. The number of benzene rings is 1. The quantitative estimate of drug-likeness (QED) is 0.861. The number of aliphatic hydroxyl groups is 1. The second-order valence-electron chi connectivity index (χ2n) is 4.93. The minimum Gasteiger partial charge on any atom is -0.394 e. The summed E-state index contributed by atoms with van der Waals surface area (Å²) < 4.78 is 0. The van der Waals surface area contributed by atoms with Crippen LogP contribution < -0.4 is 4.90 Å². The van der Waals surface area contributed by atoms with Gasteiger partial charge in [-0.1, -0.05) is 12.1 Å². The summed E-state index contributed by atoms with van der Waals surface area (Å²) >= 11 is 0. The van der Waals surface area contributed by atoms with E-state index in [2.05, 4.69) is 34.1 Å². The molecule has 0 aliphatic carbocycles. The first kappa shape index (κ1) is 12.4. The number of rotatable bonds is 4. The Kier molecular flexibility index (Phi) is 4.02. The SMILES string of the molecule is CN(C)c1ccc(C(CO)N2CCCC2)cc1. The Balaban J connectivity index is 2.13. The molecule has 1 N–H and O–H groups in total. The summed E-state index contributed by atoms with van der Waals surface area (Å²) in [5, 5.41) is 9.57. The van der Waals surface area contributed by atoms with E-state index in [1.807, 2.05) is 14.1 Å². The van der Waals surface area contributed by atoms with Crippen molar-refractivity contribution in [2.24, 2.45) is 0 Å². The van der Waals surface area contributed by atoms with Crippen molar-refractivity contribution in [2.75, 3.05) is 38.7 Å². The van der Waals surface area contributed by atoms with Crippen LogP contribution in [0.25, 0.3) is 0 Å². The van der Waals surface area contributed by atoms with Crippen LogP contribution in [0.3, 0.4) is 0 Å². The van der Waals surface area contributed by atoms with E-state index in [0.717, 1.165) is 13.1 Å². The zero-order valence-electron chi connectivity index (χ0n) is 10.8. The van der Waals surface area contributed by atoms with Gasteiger partial charge in [-0.2, -0.15) is 0 Å². The molecule has 1 atom stereocenters. The highest BCUT2D eigenvalue weighted by Crippen LogP contribution is 2.26. The van der Waals surface area contributed by atoms with Gasteiger partial charge in [-0.05, 0) is 43.6 Å². The third-order valence-corrected chi connectivity index (χ3v) is 3.55. The van der Waals surface area contributed by atoms with Crippen molar-refractivity contribution in [2.45, 2.75) is 18.9 Å². The van der Waals surface area contributed by atoms with Crippen molar-refractivity contribution >= 4 is 5.69 Å². The van der Waals surface area contributed by atoms with Gasteiger partial charge in [0, 0.05) is 19.8 Å². The van der Waals surface area contributed by atoms with E-state index in [-0.39, 0.29) is 12.6 Å². The molecule has 1 heterocycles. The van der Waals surface area contributed by atoms with Gasteiger partial charge in [-0.25, -0.2) is 0 Å². The summed E-state index contributed by atoms with van der Waals surface area (Å²) in [6.07, 6.45) is 2.51. The monoisotopic (exact) mass is 234 g/mol. The molecule has 3 nitrogen and oxygen atoms in total. The summed E-state index contributed by atoms with van der Waals surface area (Å²) in [5.74, 6) is 0. The standard InChI is InChI=1S/C14H22N2O/c1-15(2)13-7-5-12(6-8-13)14(11-17)16-9-3-4-10-16/h5-8,14,17H,3-4,9-11H2,1-2H3. The smallest absolute Gasteiger partial charge is 0.0628 e. The molecular weight excluding hydrogens is 212 g/mol. The molecule has 1 aromatic carbocycles. The van der Waals surface area contributed by atoms with Crippen molar-refractivity contribution in [1.82, 2.24) is 4.90 Å². The van der Waals surface area contributed by atoms with E-state index < -0.39 is 0 Å². The van der Waals surface area contributed by atoms with Gasteiger partial charge in [-0.15, -0.1) is 0 Å². The molecule has 1 saturated heterocycles. The number of anilines is 1. The predicted molar refractivity (Wildman–Crippen MR) is 71.4 cm³/mol. The second kappa shape index (κ2) is 5.52. The molecule has 3 heteroatoms. The molecule has 0 spiro atoms. The van der Waals surface area contributed by atoms with E-state index in [0.29, 0.717) is 0 Å². The molecule has 1 aliphatic rings. The first-order valence-electron chi connectivity index (χ1n) is 6.34. The van der Waals surface area contributed by atoms with E-state index in [1.165, 1.54) is 24.1 Å². The lowest BCUT2D eigenvalue weighted by molar-refractivity contribution is 0.147. The van der Waals surface area contributed by atoms with Crippen molar-refractivity contribution in [3.8, 4) is 0 Å². The minimum atomic E-state index is 0.175. The highest BCUT2D eigenvalue weighted by molar-refractivity contribution is 5.46. The third-order valence-electron chi connectivity index (χ3n) is 3.55. The molecule has 94 valence electrons. The number of hydrogen-bond donors (Lipinski definition) is 1. The molecule has 1 aromatic rings. The lowest BCUT2D eigenvalue weighted by atomic mass is 10.1. The summed E-state index contributed by atoms with van der Waals surface area (Å²) in [4.78, 5) is 4.47. The van der Waals surface area contributed by atoms with Crippen LogP contribution in [0.4, 0.5) is 5.69 Å². The molecule has 17 heavy (non-hydrogen) atoms. The summed E-state index contributed by atoms with van der Waals surface area (Å²) in [6, 6.07) is 8.68. The van der Waals surface area contributed by atoms with Crippen LogP contribution in [0.5, 0.6) is 0 Å². The fourth-order valence-electron chi connectivity index (χ4n) is 2.48. The number of hydrogen-bond acceptors (Lipinski definition) is 3. The van der Waals surface area contributed by atoms with Crippen molar-refractivity contribution < 1.29 is 5.11 Å². The fourth-order valence-corrected chi connectivity index (χ4v) is 2.48. The van der Waals surface area contributed by atoms with Gasteiger partial charge in [0.2, 0.25) is 0 Å². The van der Waals surface area contributed by atoms with E-state index >= 15 is 0 Å². The van der Waals surface area contributed by atoms with E-state index in [9.17, 15) is 5.11 Å². The summed E-state index contributed by atoms with van der Waals surface area (Å²) in [5.41, 5.74) is 2.42. The maximum absolute atomic E-state index is 9.57. The molecule has 1 aliphatic heterocycles. The molecule has 1 unspecified atom stereocenters. The van der Waals surface area contributed by atoms with Gasteiger partial charge in [-0.3, -0.25) is 4.90 Å². The first-order valence-corrected chi connectivity index (χ1v) is 6.34. The molecule has 2 rings (SSSR count). The largest absolute Gasteiger partial charge is 0.394 e. The first-order chi connectivity index (χ1) is 8.22. The molecule has 0 bridgehead atoms. The Morgan fingerprint density at radius 2 is 1.76 bits per heavy atom. The van der Waals surface area contributed by atoms with E-state index in [4.69, 9.17) is 0 Å². The van der Waals surface area contributed by atoms with Crippen molar-refractivity contribution in [3.05, 3.63) is 29.8 Å². The minimum absolute atomic E-state index is 0.175.